The van der Waals surface area contributed by atoms with Crippen molar-refractivity contribution in [2.45, 2.75) is 6.73 Å². The highest BCUT2D eigenvalue weighted by Crippen LogP contribution is 2.33. The molecule has 0 unspecified atom stereocenters. The Morgan fingerprint density at radius 3 is 2.77 bits per heavy atom. The second kappa shape index (κ2) is 7.02. The summed E-state index contributed by atoms with van der Waals surface area (Å²) in [7, 11) is 0.793. The Hall–Kier alpha value is -1.05. The zero-order valence-electron chi connectivity index (χ0n) is 13.3. The molecule has 0 amide bonds. The largest absolute Gasteiger partial charge is 0.464 e. The van der Waals surface area contributed by atoms with Crippen LogP contribution in [-0.2, 0) is 16.2 Å². The third kappa shape index (κ3) is 4.24. The van der Waals surface area contributed by atoms with Crippen molar-refractivity contribution in [3.63, 3.8) is 0 Å². The molecule has 0 N–H and O–H groups in total. The third-order valence-corrected chi connectivity index (χ3v) is 5.14. The molecule has 2 heterocycles. The van der Waals surface area contributed by atoms with Crippen LogP contribution in [0.2, 0.25) is 0 Å². The predicted octanol–water partition coefficient (Wildman–Crippen LogP) is 3.25. The van der Waals surface area contributed by atoms with Crippen LogP contribution in [-0.4, -0.2) is 53.8 Å². The molecule has 2 rings (SSSR count). The summed E-state index contributed by atoms with van der Waals surface area (Å²) in [6.45, 7) is 1.15. The summed E-state index contributed by atoms with van der Waals surface area (Å²) < 4.78 is 13.0. The van der Waals surface area contributed by atoms with Crippen molar-refractivity contribution in [1.82, 2.24) is 9.55 Å². The SMILES string of the molecule is COC(=O)c1nc2c(ccn2COCCS(C)(C)C)cc1Br. The summed E-state index contributed by atoms with van der Waals surface area (Å²) in [5, 5.41) is 0.949. The van der Waals surface area contributed by atoms with E-state index in [-0.39, 0.29) is 5.69 Å². The monoisotopic (exact) mass is 388 g/mol. The highest BCUT2D eigenvalue weighted by atomic mass is 79.9. The summed E-state index contributed by atoms with van der Waals surface area (Å²) in [5.74, 6) is 0.609. The number of ether oxygens (including phenoxy) is 2. The molecule has 0 spiro atoms. The summed E-state index contributed by atoms with van der Waals surface area (Å²) in [4.78, 5) is 16.1. The Balaban J connectivity index is 2.16. The number of rotatable bonds is 6. The Bertz CT molecular complexity index is 679. The maximum Gasteiger partial charge on any atom is 0.357 e. The van der Waals surface area contributed by atoms with Gasteiger partial charge in [0.1, 0.15) is 12.4 Å². The minimum atomic E-state index is -0.552. The molecule has 122 valence electrons. The molecule has 0 aromatic carbocycles. The first-order valence-corrected chi connectivity index (χ1v) is 10.6. The average Bonchev–Trinajstić information content (AvgIpc) is 2.83. The number of pyridine rings is 1. The van der Waals surface area contributed by atoms with E-state index >= 15 is 0 Å². The van der Waals surface area contributed by atoms with Crippen LogP contribution in [0.25, 0.3) is 11.0 Å². The van der Waals surface area contributed by atoms with E-state index in [4.69, 9.17) is 9.47 Å². The van der Waals surface area contributed by atoms with Gasteiger partial charge in [-0.15, -0.1) is 0 Å². The van der Waals surface area contributed by atoms with Gasteiger partial charge in [-0.2, -0.15) is 0 Å². The number of methoxy groups -OCH3 is 1. The summed E-state index contributed by atoms with van der Waals surface area (Å²) >= 11 is 3.35. The molecule has 0 aliphatic heterocycles. The summed E-state index contributed by atoms with van der Waals surface area (Å²) in [6.07, 6.45) is 8.71. The zero-order chi connectivity index (χ0) is 16.3. The third-order valence-electron chi connectivity index (χ3n) is 3.14. The number of carbonyl (C=O) groups excluding carboxylic acids is 1. The number of hydrogen-bond donors (Lipinski definition) is 0. The van der Waals surface area contributed by atoms with Crippen LogP contribution in [0.15, 0.2) is 22.8 Å². The number of esters is 1. The number of fused-ring (bicyclic) bond motifs is 1. The van der Waals surface area contributed by atoms with Crippen molar-refractivity contribution in [2.75, 3.05) is 38.2 Å². The lowest BCUT2D eigenvalue weighted by molar-refractivity contribution is 0.0592. The van der Waals surface area contributed by atoms with Gasteiger partial charge < -0.3 is 14.0 Å². The Labute approximate surface area is 140 Å². The van der Waals surface area contributed by atoms with E-state index in [1.165, 1.54) is 7.11 Å². The minimum Gasteiger partial charge on any atom is -0.464 e. The molecule has 2 aromatic rings. The first-order chi connectivity index (χ1) is 10.3. The fourth-order valence-electron chi connectivity index (χ4n) is 1.90. The Morgan fingerprint density at radius 1 is 1.41 bits per heavy atom. The zero-order valence-corrected chi connectivity index (χ0v) is 15.7. The van der Waals surface area contributed by atoms with Crippen LogP contribution in [0.1, 0.15) is 10.5 Å². The molecule has 0 saturated heterocycles. The molecule has 0 aliphatic carbocycles. The van der Waals surface area contributed by atoms with Gasteiger partial charge in [0.15, 0.2) is 5.69 Å². The van der Waals surface area contributed by atoms with E-state index in [0.717, 1.165) is 17.7 Å². The van der Waals surface area contributed by atoms with Crippen molar-refractivity contribution < 1.29 is 14.3 Å². The standard InChI is InChI=1S/C15H21BrN2O3S/c1-20-15(19)13-12(16)9-11-5-6-18(14(11)17-13)10-21-7-8-22(2,3)4/h5-6,9H,7-8,10H2,1-4H3. The average molecular weight is 389 g/mol. The van der Waals surface area contributed by atoms with E-state index in [2.05, 4.69) is 39.7 Å². The smallest absolute Gasteiger partial charge is 0.357 e. The second-order valence-electron chi connectivity index (χ2n) is 5.84. The van der Waals surface area contributed by atoms with Gasteiger partial charge in [0.2, 0.25) is 0 Å². The fraction of sp³-hybridized carbons (Fsp3) is 0.467. The van der Waals surface area contributed by atoms with Crippen LogP contribution in [0.5, 0.6) is 0 Å². The quantitative estimate of drug-likeness (QED) is 0.562. The first kappa shape index (κ1) is 17.3. The number of carbonyl (C=O) groups is 1. The second-order valence-corrected chi connectivity index (χ2v) is 11.3. The fourth-order valence-corrected chi connectivity index (χ4v) is 3.02. The van der Waals surface area contributed by atoms with Crippen LogP contribution < -0.4 is 0 Å². The normalized spacial score (nSPS) is 12.6. The molecule has 22 heavy (non-hydrogen) atoms. The van der Waals surface area contributed by atoms with Gasteiger partial charge in [0, 0.05) is 17.3 Å². The molecule has 2 aromatic heterocycles. The molecule has 0 fully saturated rings. The van der Waals surface area contributed by atoms with Gasteiger partial charge in [-0.05, 0) is 46.8 Å². The maximum atomic E-state index is 11.7. The maximum absolute atomic E-state index is 11.7. The van der Waals surface area contributed by atoms with Crippen LogP contribution in [0, 0.1) is 0 Å². The van der Waals surface area contributed by atoms with E-state index in [1.807, 2.05) is 22.9 Å². The van der Waals surface area contributed by atoms with E-state index in [9.17, 15) is 4.79 Å². The van der Waals surface area contributed by atoms with Crippen molar-refractivity contribution in [3.05, 3.63) is 28.5 Å². The number of hydrogen-bond acceptors (Lipinski definition) is 4. The molecule has 0 aliphatic rings. The predicted molar refractivity (Wildman–Crippen MR) is 95.0 cm³/mol. The lowest BCUT2D eigenvalue weighted by Gasteiger charge is -2.24. The number of aromatic nitrogens is 2. The van der Waals surface area contributed by atoms with Crippen LogP contribution >= 0.6 is 26.0 Å². The van der Waals surface area contributed by atoms with Crippen molar-refractivity contribution in [3.8, 4) is 0 Å². The van der Waals surface area contributed by atoms with Gasteiger partial charge >= 0.3 is 5.97 Å². The van der Waals surface area contributed by atoms with Gasteiger partial charge in [-0.3, -0.25) is 0 Å². The molecular weight excluding hydrogens is 368 g/mol. The number of nitrogens with zero attached hydrogens (tertiary/aromatic N) is 2. The van der Waals surface area contributed by atoms with Crippen molar-refractivity contribution in [1.29, 1.82) is 0 Å². The molecule has 0 radical (unpaired) electrons. The highest BCUT2D eigenvalue weighted by Gasteiger charge is 2.15. The summed E-state index contributed by atoms with van der Waals surface area (Å²) in [6, 6.07) is 3.82. The molecule has 0 atom stereocenters. The Morgan fingerprint density at radius 2 is 2.14 bits per heavy atom. The lowest BCUT2D eigenvalue weighted by Crippen LogP contribution is -2.11. The van der Waals surface area contributed by atoms with Gasteiger partial charge in [0.25, 0.3) is 0 Å². The highest BCUT2D eigenvalue weighted by molar-refractivity contribution is 9.10. The molecule has 7 heteroatoms. The summed E-state index contributed by atoms with van der Waals surface area (Å²) in [5.41, 5.74) is 0.987. The molecule has 0 bridgehead atoms. The van der Waals surface area contributed by atoms with Gasteiger partial charge in [0.05, 0.1) is 18.2 Å². The first-order valence-electron chi connectivity index (χ1n) is 6.79. The Kier molecular flexibility index (Phi) is 5.52. The van der Waals surface area contributed by atoms with E-state index < -0.39 is 16.0 Å². The molecule has 0 saturated carbocycles. The van der Waals surface area contributed by atoms with E-state index in [1.54, 1.807) is 0 Å². The molecule has 5 nitrogen and oxygen atoms in total. The van der Waals surface area contributed by atoms with Crippen LogP contribution in [0.3, 0.4) is 0 Å². The molecular formula is C15H21BrN2O3S. The van der Waals surface area contributed by atoms with Crippen LogP contribution in [0.4, 0.5) is 0 Å². The lowest BCUT2D eigenvalue weighted by atomic mass is 10.3. The van der Waals surface area contributed by atoms with E-state index in [0.29, 0.717) is 16.9 Å². The van der Waals surface area contributed by atoms with Crippen molar-refractivity contribution in [2.24, 2.45) is 0 Å². The topological polar surface area (TPSA) is 53.3 Å². The van der Waals surface area contributed by atoms with Gasteiger partial charge in [-0.1, -0.05) is 0 Å². The minimum absolute atomic E-state index is 0.272. The number of halogens is 1. The van der Waals surface area contributed by atoms with Gasteiger partial charge in [-0.25, -0.2) is 19.8 Å². The van der Waals surface area contributed by atoms with Crippen molar-refractivity contribution >= 4 is 43.0 Å².